The second-order valence-electron chi connectivity index (χ2n) is 21.4. The van der Waals surface area contributed by atoms with Crippen LogP contribution in [0.4, 0.5) is 13.2 Å². The van der Waals surface area contributed by atoms with Crippen LogP contribution in [0.15, 0.2) is 261 Å². The van der Waals surface area contributed by atoms with Gasteiger partial charge >= 0.3 is 6.18 Å². The van der Waals surface area contributed by atoms with Crippen molar-refractivity contribution in [3.8, 4) is 108 Å². The molecule has 0 fully saturated rings. The van der Waals surface area contributed by atoms with Gasteiger partial charge in [0.1, 0.15) is 0 Å². The Hall–Kier alpha value is -11.7. The summed E-state index contributed by atoms with van der Waals surface area (Å²) in [4.78, 5) is 30.2. The molecule has 0 aliphatic heterocycles. The van der Waals surface area contributed by atoms with E-state index in [0.717, 1.165) is 88.4 Å². The molecule has 0 saturated heterocycles. The lowest BCUT2D eigenvalue weighted by atomic mass is 9.93. The monoisotopic (exact) mass is 1130 g/mol. The van der Waals surface area contributed by atoms with Gasteiger partial charge in [0.15, 0.2) is 34.9 Å². The van der Waals surface area contributed by atoms with Crippen LogP contribution in [-0.4, -0.2) is 39.0 Å². The van der Waals surface area contributed by atoms with Crippen molar-refractivity contribution in [3.63, 3.8) is 0 Å². The van der Waals surface area contributed by atoms with E-state index in [-0.39, 0.29) is 0 Å². The Morgan fingerprint density at radius 2 is 0.690 bits per heavy atom. The highest BCUT2D eigenvalue weighted by molar-refractivity contribution is 6.13. The maximum atomic E-state index is 14.7. The standard InChI is InChI=1S/C75H46F3N9/c1-46-38-55(41-56(39-46)75(76,77)78)52-31-35-68(87-64-29-17-15-27-58(64)61-44-54(33-37-67(61)87)74-84-71(50-22-10-4-11-23-50)81-72(85-74)51-24-12-5-13-25-51)62(42-52)59-40-47(45-79)30-34-65(59)86-63-28-16-14-26-57(63)60-43-53(32-36-66(60)86)73-82-69(48-18-6-2-7-19-48)80-70(83-73)49-20-8-3-9-21-49/h2-44H,1H3. The molecule has 15 aromatic rings. The number of nitriles is 1. The first-order valence-corrected chi connectivity index (χ1v) is 28.3. The molecule has 0 bridgehead atoms. The highest BCUT2D eigenvalue weighted by Gasteiger charge is 2.31. The van der Waals surface area contributed by atoms with Gasteiger partial charge in [-0.25, -0.2) is 29.9 Å². The predicted molar refractivity (Wildman–Crippen MR) is 340 cm³/mol. The molecule has 0 spiro atoms. The van der Waals surface area contributed by atoms with Crippen molar-refractivity contribution < 1.29 is 13.2 Å². The lowest BCUT2D eigenvalue weighted by Gasteiger charge is -2.20. The van der Waals surface area contributed by atoms with Gasteiger partial charge in [0, 0.05) is 66.1 Å². The maximum Gasteiger partial charge on any atom is 0.416 e. The number of hydrogen-bond acceptors (Lipinski definition) is 7. The van der Waals surface area contributed by atoms with Crippen molar-refractivity contribution in [2.45, 2.75) is 13.1 Å². The minimum absolute atomic E-state index is 0.398. The number of para-hydroxylation sites is 2. The zero-order valence-electron chi connectivity index (χ0n) is 46.5. The Balaban J connectivity index is 0.956. The van der Waals surface area contributed by atoms with Crippen molar-refractivity contribution in [2.75, 3.05) is 0 Å². The summed E-state index contributed by atoms with van der Waals surface area (Å²) in [6.45, 7) is 1.68. The summed E-state index contributed by atoms with van der Waals surface area (Å²) < 4.78 is 48.4. The molecule has 11 aromatic carbocycles. The highest BCUT2D eigenvalue weighted by Crippen LogP contribution is 2.45. The molecule has 9 nitrogen and oxygen atoms in total. The van der Waals surface area contributed by atoms with Crippen LogP contribution >= 0.6 is 0 Å². The van der Waals surface area contributed by atoms with E-state index in [2.05, 4.69) is 63.7 Å². The van der Waals surface area contributed by atoms with Crippen molar-refractivity contribution >= 4 is 43.6 Å². The number of hydrogen-bond donors (Lipinski definition) is 0. The fourth-order valence-electron chi connectivity index (χ4n) is 11.9. The zero-order valence-corrected chi connectivity index (χ0v) is 46.5. The minimum Gasteiger partial charge on any atom is -0.309 e. The van der Waals surface area contributed by atoms with Crippen LogP contribution in [0.2, 0.25) is 0 Å². The van der Waals surface area contributed by atoms with Gasteiger partial charge in [-0.1, -0.05) is 170 Å². The summed E-state index contributed by atoms with van der Waals surface area (Å²) in [6, 6.07) is 86.2. The number of halogens is 3. The summed E-state index contributed by atoms with van der Waals surface area (Å²) in [6.07, 6.45) is -4.58. The average Bonchev–Trinajstić information content (AvgIpc) is 1.67. The molecule has 0 N–H and O–H groups in total. The third-order valence-corrected chi connectivity index (χ3v) is 15.9. The quantitative estimate of drug-likeness (QED) is 0.134. The lowest BCUT2D eigenvalue weighted by Crippen LogP contribution is -2.05. The van der Waals surface area contributed by atoms with Crippen LogP contribution in [0, 0.1) is 18.3 Å². The number of aryl methyl sites for hydroxylation is 1. The second-order valence-corrected chi connectivity index (χ2v) is 21.4. The third kappa shape index (κ3) is 9.50. The fraction of sp³-hybridized carbons (Fsp3) is 0.0267. The maximum absolute atomic E-state index is 14.7. The molecule has 15 rings (SSSR count). The third-order valence-electron chi connectivity index (χ3n) is 15.9. The summed E-state index contributed by atoms with van der Waals surface area (Å²) in [5.74, 6) is 3.18. The summed E-state index contributed by atoms with van der Waals surface area (Å²) >= 11 is 0. The molecule has 0 aliphatic rings. The molecule has 0 unspecified atom stereocenters. The Morgan fingerprint density at radius 3 is 1.11 bits per heavy atom. The largest absolute Gasteiger partial charge is 0.416 e. The number of alkyl halides is 3. The number of benzene rings is 11. The van der Waals surface area contributed by atoms with E-state index in [1.807, 2.05) is 194 Å². The molecular formula is C75H46F3N9. The fourth-order valence-corrected chi connectivity index (χ4v) is 11.9. The first-order chi connectivity index (χ1) is 42.6. The molecule has 0 atom stereocenters. The second kappa shape index (κ2) is 21.2. The normalized spacial score (nSPS) is 11.7. The van der Waals surface area contributed by atoms with E-state index in [9.17, 15) is 18.4 Å². The van der Waals surface area contributed by atoms with Crippen molar-refractivity contribution in [1.29, 1.82) is 5.26 Å². The van der Waals surface area contributed by atoms with Gasteiger partial charge in [0.05, 0.1) is 50.6 Å². The summed E-state index contributed by atoms with van der Waals surface area (Å²) in [5, 5.41) is 14.5. The Morgan fingerprint density at radius 1 is 0.322 bits per heavy atom. The van der Waals surface area contributed by atoms with E-state index >= 15 is 0 Å². The van der Waals surface area contributed by atoms with E-state index in [0.29, 0.717) is 68.3 Å². The molecule has 0 saturated carbocycles. The Kier molecular flexibility index (Phi) is 12.7. The van der Waals surface area contributed by atoms with Crippen LogP contribution in [0.25, 0.3) is 146 Å². The molecule has 0 amide bonds. The Labute approximate surface area is 497 Å². The van der Waals surface area contributed by atoms with Gasteiger partial charge < -0.3 is 9.13 Å². The van der Waals surface area contributed by atoms with Crippen molar-refractivity contribution in [1.82, 2.24) is 39.0 Å². The number of fused-ring (bicyclic) bond motifs is 6. The number of nitrogens with zero attached hydrogens (tertiary/aromatic N) is 9. The molecule has 0 aliphatic carbocycles. The van der Waals surface area contributed by atoms with Gasteiger partial charge in [-0.05, 0) is 115 Å². The van der Waals surface area contributed by atoms with Crippen LogP contribution in [0.3, 0.4) is 0 Å². The van der Waals surface area contributed by atoms with Crippen LogP contribution in [0.5, 0.6) is 0 Å². The van der Waals surface area contributed by atoms with Crippen LogP contribution < -0.4 is 0 Å². The van der Waals surface area contributed by atoms with Gasteiger partial charge in [-0.2, -0.15) is 18.4 Å². The van der Waals surface area contributed by atoms with Crippen molar-refractivity contribution in [3.05, 3.63) is 278 Å². The van der Waals surface area contributed by atoms with E-state index in [1.54, 1.807) is 13.0 Å². The molecule has 0 radical (unpaired) electrons. The van der Waals surface area contributed by atoms with Gasteiger partial charge in [0.2, 0.25) is 0 Å². The van der Waals surface area contributed by atoms with Gasteiger partial charge in [0.25, 0.3) is 0 Å². The van der Waals surface area contributed by atoms with Gasteiger partial charge in [-0.3, -0.25) is 0 Å². The van der Waals surface area contributed by atoms with Crippen molar-refractivity contribution in [2.24, 2.45) is 0 Å². The summed E-state index contributed by atoms with van der Waals surface area (Å²) in [7, 11) is 0. The molecule has 87 heavy (non-hydrogen) atoms. The minimum atomic E-state index is -4.58. The van der Waals surface area contributed by atoms with Crippen LogP contribution in [-0.2, 0) is 6.18 Å². The molecule has 12 heteroatoms. The van der Waals surface area contributed by atoms with Gasteiger partial charge in [-0.15, -0.1) is 0 Å². The molecule has 412 valence electrons. The van der Waals surface area contributed by atoms with E-state index in [4.69, 9.17) is 29.9 Å². The number of aromatic nitrogens is 8. The first kappa shape index (κ1) is 52.1. The van der Waals surface area contributed by atoms with Crippen LogP contribution in [0.1, 0.15) is 16.7 Å². The predicted octanol–water partition coefficient (Wildman–Crippen LogP) is 18.8. The Bertz CT molecular complexity index is 5110. The topological polar surface area (TPSA) is 111 Å². The first-order valence-electron chi connectivity index (χ1n) is 28.3. The average molecular weight is 1130 g/mol. The highest BCUT2D eigenvalue weighted by atomic mass is 19.4. The zero-order chi connectivity index (χ0) is 58.8. The molecule has 4 aromatic heterocycles. The van der Waals surface area contributed by atoms with E-state index < -0.39 is 11.7 Å². The SMILES string of the molecule is Cc1cc(-c2ccc(-n3c4ccccc4c4cc(-c5nc(-c6ccccc6)nc(-c6ccccc6)n5)ccc43)c(-c3cc(C#N)ccc3-n3c4ccccc4c4cc(-c5nc(-c6ccccc6)nc(-c6ccccc6)n5)ccc43)c2)cc(C(F)(F)F)c1. The molecule has 4 heterocycles. The lowest BCUT2D eigenvalue weighted by molar-refractivity contribution is -0.137. The molecular weight excluding hydrogens is 1080 g/mol. The smallest absolute Gasteiger partial charge is 0.309 e. The van der Waals surface area contributed by atoms with E-state index in [1.165, 1.54) is 12.1 Å². The number of rotatable bonds is 10. The summed E-state index contributed by atoms with van der Waals surface area (Å²) in [5.41, 5.74) is 12.4.